The molecule has 0 unspecified atom stereocenters. The first-order chi connectivity index (χ1) is 12.9. The molecule has 0 aliphatic carbocycles. The van der Waals surface area contributed by atoms with Gasteiger partial charge in [-0.2, -0.15) is 0 Å². The largest absolute Gasteiger partial charge is 0.356 e. The number of aryl methyl sites for hydroxylation is 3. The summed E-state index contributed by atoms with van der Waals surface area (Å²) in [6, 6.07) is 14.0. The molecule has 0 heterocycles. The van der Waals surface area contributed by atoms with Crippen LogP contribution in [-0.2, 0) is 11.2 Å². The summed E-state index contributed by atoms with van der Waals surface area (Å²) < 4.78 is 0. The van der Waals surface area contributed by atoms with Crippen molar-refractivity contribution in [1.29, 1.82) is 0 Å². The molecule has 2 aromatic rings. The van der Waals surface area contributed by atoms with Gasteiger partial charge in [-0.25, -0.2) is 0 Å². The molecule has 0 saturated carbocycles. The van der Waals surface area contributed by atoms with Gasteiger partial charge in [0.2, 0.25) is 5.91 Å². The number of benzene rings is 2. The molecule has 2 rings (SSSR count). The fourth-order valence-electron chi connectivity index (χ4n) is 3.17. The van der Waals surface area contributed by atoms with Crippen LogP contribution in [0.1, 0.15) is 46.0 Å². The Balaban J connectivity index is 1.79. The highest BCUT2D eigenvalue weighted by molar-refractivity contribution is 5.94. The van der Waals surface area contributed by atoms with Gasteiger partial charge in [0.25, 0.3) is 5.91 Å². The van der Waals surface area contributed by atoms with E-state index in [1.165, 1.54) is 16.7 Å². The van der Waals surface area contributed by atoms with Crippen molar-refractivity contribution in [3.05, 3.63) is 70.3 Å². The second-order valence-electron chi connectivity index (χ2n) is 7.10. The van der Waals surface area contributed by atoms with E-state index in [1.807, 2.05) is 38.1 Å². The van der Waals surface area contributed by atoms with Crippen LogP contribution in [-0.4, -0.2) is 36.3 Å². The first-order valence-electron chi connectivity index (χ1n) is 9.59. The average Bonchev–Trinajstić information content (AvgIpc) is 2.62. The number of amides is 2. The predicted octanol–water partition coefficient (Wildman–Crippen LogP) is 3.82. The Morgan fingerprint density at radius 3 is 2.15 bits per heavy atom. The molecule has 0 aliphatic rings. The number of nitrogens with zero attached hydrogens (tertiary/aromatic N) is 1. The Kier molecular flexibility index (Phi) is 7.59. The molecule has 0 radical (unpaired) electrons. The zero-order chi connectivity index (χ0) is 19.8. The maximum atomic E-state index is 12.6. The van der Waals surface area contributed by atoms with E-state index in [1.54, 1.807) is 4.90 Å². The minimum atomic E-state index is -0.0273. The van der Waals surface area contributed by atoms with Gasteiger partial charge < -0.3 is 10.2 Å². The maximum Gasteiger partial charge on any atom is 0.253 e. The number of carbonyl (C=O) groups is 2. The minimum absolute atomic E-state index is 0.0190. The molecule has 4 heteroatoms. The third-order valence-electron chi connectivity index (χ3n) is 4.59. The van der Waals surface area contributed by atoms with Crippen molar-refractivity contribution in [3.8, 4) is 0 Å². The fraction of sp³-hybridized carbons (Fsp3) is 0.391. The van der Waals surface area contributed by atoms with Crippen molar-refractivity contribution in [1.82, 2.24) is 10.2 Å². The van der Waals surface area contributed by atoms with Gasteiger partial charge in [-0.1, -0.05) is 47.0 Å². The standard InChI is InChI=1S/C23H30N2O2/c1-5-25(23(27)21-8-6-17(2)7-9-21)13-11-22(26)24-12-10-20-15-18(3)14-19(4)16-20/h6-9,14-16H,5,10-13H2,1-4H3,(H,24,26). The molecule has 0 spiro atoms. The van der Waals surface area contributed by atoms with Gasteiger partial charge in [-0.05, 0) is 51.8 Å². The topological polar surface area (TPSA) is 49.4 Å². The molecule has 2 aromatic carbocycles. The van der Waals surface area contributed by atoms with E-state index in [9.17, 15) is 9.59 Å². The smallest absolute Gasteiger partial charge is 0.253 e. The third kappa shape index (κ3) is 6.55. The van der Waals surface area contributed by atoms with Gasteiger partial charge in [0.05, 0.1) is 0 Å². The van der Waals surface area contributed by atoms with E-state index < -0.39 is 0 Å². The molecule has 0 bridgehead atoms. The van der Waals surface area contributed by atoms with Crippen molar-refractivity contribution < 1.29 is 9.59 Å². The number of rotatable bonds is 8. The molecule has 0 aliphatic heterocycles. The van der Waals surface area contributed by atoms with Crippen LogP contribution < -0.4 is 5.32 Å². The van der Waals surface area contributed by atoms with Gasteiger partial charge >= 0.3 is 0 Å². The summed E-state index contributed by atoms with van der Waals surface area (Å²) in [5, 5.41) is 2.96. The monoisotopic (exact) mass is 366 g/mol. The van der Waals surface area contributed by atoms with E-state index in [4.69, 9.17) is 0 Å². The number of hydrogen-bond acceptors (Lipinski definition) is 2. The zero-order valence-corrected chi connectivity index (χ0v) is 16.8. The van der Waals surface area contributed by atoms with E-state index in [0.29, 0.717) is 31.6 Å². The molecule has 0 saturated heterocycles. The number of carbonyl (C=O) groups excluding carboxylic acids is 2. The van der Waals surface area contributed by atoms with Crippen LogP contribution in [0.15, 0.2) is 42.5 Å². The molecular weight excluding hydrogens is 336 g/mol. The quantitative estimate of drug-likeness (QED) is 0.772. The number of nitrogens with one attached hydrogen (secondary N) is 1. The van der Waals surface area contributed by atoms with Gasteiger partial charge in [0, 0.05) is 31.6 Å². The second kappa shape index (κ2) is 9.91. The Labute approximate surface area is 162 Å². The van der Waals surface area contributed by atoms with E-state index in [2.05, 4.69) is 37.4 Å². The van der Waals surface area contributed by atoms with Gasteiger partial charge in [-0.15, -0.1) is 0 Å². The lowest BCUT2D eigenvalue weighted by atomic mass is 10.1. The molecule has 4 nitrogen and oxygen atoms in total. The lowest BCUT2D eigenvalue weighted by molar-refractivity contribution is -0.121. The number of hydrogen-bond donors (Lipinski definition) is 1. The van der Waals surface area contributed by atoms with Crippen LogP contribution in [0.25, 0.3) is 0 Å². The van der Waals surface area contributed by atoms with Crippen molar-refractivity contribution in [2.24, 2.45) is 0 Å². The molecule has 0 aromatic heterocycles. The van der Waals surface area contributed by atoms with E-state index >= 15 is 0 Å². The van der Waals surface area contributed by atoms with Crippen LogP contribution in [0.3, 0.4) is 0 Å². The highest BCUT2D eigenvalue weighted by Crippen LogP contribution is 2.10. The van der Waals surface area contributed by atoms with E-state index in [0.717, 1.165) is 12.0 Å². The van der Waals surface area contributed by atoms with Crippen molar-refractivity contribution in [2.45, 2.75) is 40.5 Å². The summed E-state index contributed by atoms with van der Waals surface area (Å²) in [6.45, 7) is 9.72. The van der Waals surface area contributed by atoms with Crippen LogP contribution in [0.5, 0.6) is 0 Å². The molecule has 2 amide bonds. The summed E-state index contributed by atoms with van der Waals surface area (Å²) in [5.74, 6) is -0.0462. The molecule has 27 heavy (non-hydrogen) atoms. The van der Waals surface area contributed by atoms with Gasteiger partial charge in [0.1, 0.15) is 0 Å². The molecular formula is C23H30N2O2. The third-order valence-corrected chi connectivity index (χ3v) is 4.59. The maximum absolute atomic E-state index is 12.6. The SMILES string of the molecule is CCN(CCC(=O)NCCc1cc(C)cc(C)c1)C(=O)c1ccc(C)cc1. The normalized spacial score (nSPS) is 10.5. The Morgan fingerprint density at radius 2 is 1.56 bits per heavy atom. The van der Waals surface area contributed by atoms with Crippen LogP contribution in [0, 0.1) is 20.8 Å². The summed E-state index contributed by atoms with van der Waals surface area (Å²) in [4.78, 5) is 26.4. The van der Waals surface area contributed by atoms with Crippen LogP contribution in [0.2, 0.25) is 0 Å². The molecule has 1 N–H and O–H groups in total. The lowest BCUT2D eigenvalue weighted by Crippen LogP contribution is -2.35. The summed E-state index contributed by atoms with van der Waals surface area (Å²) in [6.07, 6.45) is 1.13. The average molecular weight is 367 g/mol. The fourth-order valence-corrected chi connectivity index (χ4v) is 3.17. The Morgan fingerprint density at radius 1 is 0.926 bits per heavy atom. The Bertz CT molecular complexity index is 761. The van der Waals surface area contributed by atoms with Gasteiger partial charge in [-0.3, -0.25) is 9.59 Å². The molecule has 0 atom stereocenters. The van der Waals surface area contributed by atoms with Crippen molar-refractivity contribution in [2.75, 3.05) is 19.6 Å². The van der Waals surface area contributed by atoms with Crippen molar-refractivity contribution in [3.63, 3.8) is 0 Å². The molecule has 0 fully saturated rings. The van der Waals surface area contributed by atoms with Gasteiger partial charge in [0.15, 0.2) is 0 Å². The molecule has 144 valence electrons. The minimum Gasteiger partial charge on any atom is -0.356 e. The van der Waals surface area contributed by atoms with Crippen molar-refractivity contribution >= 4 is 11.8 Å². The van der Waals surface area contributed by atoms with Crippen LogP contribution in [0.4, 0.5) is 0 Å². The van der Waals surface area contributed by atoms with E-state index in [-0.39, 0.29) is 11.8 Å². The predicted molar refractivity (Wildman–Crippen MR) is 110 cm³/mol. The zero-order valence-electron chi connectivity index (χ0n) is 16.8. The lowest BCUT2D eigenvalue weighted by Gasteiger charge is -2.20. The summed E-state index contributed by atoms with van der Waals surface area (Å²) in [5.41, 5.74) is 5.50. The first-order valence-corrected chi connectivity index (χ1v) is 9.59. The summed E-state index contributed by atoms with van der Waals surface area (Å²) in [7, 11) is 0. The van der Waals surface area contributed by atoms with Crippen LogP contribution >= 0.6 is 0 Å². The first kappa shape index (κ1) is 20.7. The Hall–Kier alpha value is -2.62. The second-order valence-corrected chi connectivity index (χ2v) is 7.10. The highest BCUT2D eigenvalue weighted by atomic mass is 16.2. The summed E-state index contributed by atoms with van der Waals surface area (Å²) >= 11 is 0. The highest BCUT2D eigenvalue weighted by Gasteiger charge is 2.15.